The summed E-state index contributed by atoms with van der Waals surface area (Å²) >= 11 is 0. The van der Waals surface area contributed by atoms with Gasteiger partial charge in [0.25, 0.3) is 0 Å². The fraction of sp³-hybridized carbons (Fsp3) is 0.500. The van der Waals surface area contributed by atoms with Crippen LogP contribution in [0.5, 0.6) is 0 Å². The molecule has 0 aromatic heterocycles. The van der Waals surface area contributed by atoms with Crippen LogP contribution in [0.1, 0.15) is 19.4 Å². The molecule has 0 radical (unpaired) electrons. The van der Waals surface area contributed by atoms with E-state index in [-0.39, 0.29) is 30.5 Å². The SMILES string of the molecule is CN1CCN(CC(=O)Cc2ccccc2F)C(C)(C)C1=O. The van der Waals surface area contributed by atoms with Crippen LogP contribution in [0.3, 0.4) is 0 Å². The molecule has 1 aliphatic rings. The topological polar surface area (TPSA) is 40.6 Å². The number of rotatable bonds is 4. The first-order chi connectivity index (χ1) is 9.82. The van der Waals surface area contributed by atoms with Gasteiger partial charge in [0, 0.05) is 26.6 Å². The minimum Gasteiger partial charge on any atom is -0.343 e. The molecule has 1 aliphatic heterocycles. The molecule has 5 heteroatoms. The zero-order valence-electron chi connectivity index (χ0n) is 12.7. The lowest BCUT2D eigenvalue weighted by Crippen LogP contribution is -2.62. The van der Waals surface area contributed by atoms with Crippen LogP contribution in [0.2, 0.25) is 0 Å². The highest BCUT2D eigenvalue weighted by Crippen LogP contribution is 2.21. The maximum atomic E-state index is 13.6. The standard InChI is InChI=1S/C16H21FN2O2/c1-16(2)15(21)18(3)8-9-19(16)11-13(20)10-12-6-4-5-7-14(12)17/h4-7H,8-11H2,1-3H3. The van der Waals surface area contributed by atoms with Crippen LogP contribution in [-0.4, -0.2) is 53.7 Å². The molecular weight excluding hydrogens is 271 g/mol. The number of benzene rings is 1. The maximum absolute atomic E-state index is 13.6. The molecule has 2 rings (SSSR count). The Morgan fingerprint density at radius 3 is 2.62 bits per heavy atom. The average molecular weight is 292 g/mol. The van der Waals surface area contributed by atoms with Crippen molar-refractivity contribution >= 4 is 11.7 Å². The molecule has 1 aromatic rings. The van der Waals surface area contributed by atoms with Crippen molar-refractivity contribution < 1.29 is 14.0 Å². The molecular formula is C16H21FN2O2. The van der Waals surface area contributed by atoms with Gasteiger partial charge in [0.2, 0.25) is 5.91 Å². The number of nitrogens with zero attached hydrogens (tertiary/aromatic N) is 2. The van der Waals surface area contributed by atoms with Gasteiger partial charge >= 0.3 is 0 Å². The normalized spacial score (nSPS) is 18.9. The second kappa shape index (κ2) is 5.93. The average Bonchev–Trinajstić information content (AvgIpc) is 2.43. The van der Waals surface area contributed by atoms with E-state index in [1.165, 1.54) is 6.07 Å². The van der Waals surface area contributed by atoms with Crippen molar-refractivity contribution in [1.29, 1.82) is 0 Å². The molecule has 0 saturated carbocycles. The maximum Gasteiger partial charge on any atom is 0.242 e. The Morgan fingerprint density at radius 2 is 1.95 bits per heavy atom. The molecule has 0 unspecified atom stereocenters. The molecule has 21 heavy (non-hydrogen) atoms. The fourth-order valence-corrected chi connectivity index (χ4v) is 2.65. The van der Waals surface area contributed by atoms with Gasteiger partial charge in [0.05, 0.1) is 12.1 Å². The summed E-state index contributed by atoms with van der Waals surface area (Å²) < 4.78 is 13.6. The fourth-order valence-electron chi connectivity index (χ4n) is 2.65. The number of carbonyl (C=O) groups excluding carboxylic acids is 2. The van der Waals surface area contributed by atoms with Crippen molar-refractivity contribution in [1.82, 2.24) is 9.80 Å². The Labute approximate surface area is 124 Å². The highest BCUT2D eigenvalue weighted by atomic mass is 19.1. The van der Waals surface area contributed by atoms with Gasteiger partial charge in [-0.1, -0.05) is 18.2 Å². The lowest BCUT2D eigenvalue weighted by atomic mass is 9.96. The summed E-state index contributed by atoms with van der Waals surface area (Å²) in [6.45, 7) is 5.07. The highest BCUT2D eigenvalue weighted by Gasteiger charge is 2.40. The van der Waals surface area contributed by atoms with Gasteiger partial charge in [-0.25, -0.2) is 4.39 Å². The van der Waals surface area contributed by atoms with Gasteiger partial charge in [-0.15, -0.1) is 0 Å². The van der Waals surface area contributed by atoms with Gasteiger partial charge in [0.15, 0.2) is 5.78 Å². The first-order valence-electron chi connectivity index (χ1n) is 7.08. The first-order valence-corrected chi connectivity index (χ1v) is 7.08. The Kier molecular flexibility index (Phi) is 4.42. The molecule has 0 aliphatic carbocycles. The number of piperazine rings is 1. The quantitative estimate of drug-likeness (QED) is 0.844. The molecule has 114 valence electrons. The van der Waals surface area contributed by atoms with Crippen LogP contribution in [0.15, 0.2) is 24.3 Å². The molecule has 1 aromatic carbocycles. The summed E-state index contributed by atoms with van der Waals surface area (Å²) in [5, 5.41) is 0. The van der Waals surface area contributed by atoms with Crippen LogP contribution in [0, 0.1) is 5.82 Å². The second-order valence-corrected chi connectivity index (χ2v) is 6.01. The van der Waals surface area contributed by atoms with E-state index < -0.39 is 5.54 Å². The molecule has 0 spiro atoms. The van der Waals surface area contributed by atoms with E-state index in [2.05, 4.69) is 0 Å². The predicted octanol–water partition coefficient (Wildman–Crippen LogP) is 1.49. The van der Waals surface area contributed by atoms with Gasteiger partial charge in [0.1, 0.15) is 5.82 Å². The Balaban J connectivity index is 2.03. The molecule has 0 atom stereocenters. The number of halogens is 1. The lowest BCUT2D eigenvalue weighted by molar-refractivity contribution is -0.148. The van der Waals surface area contributed by atoms with Crippen molar-refractivity contribution in [2.45, 2.75) is 25.8 Å². The van der Waals surface area contributed by atoms with E-state index in [9.17, 15) is 14.0 Å². The third-order valence-corrected chi connectivity index (χ3v) is 4.08. The van der Waals surface area contributed by atoms with E-state index >= 15 is 0 Å². The molecule has 1 saturated heterocycles. The minimum atomic E-state index is -0.697. The van der Waals surface area contributed by atoms with Crippen molar-refractivity contribution in [2.75, 3.05) is 26.7 Å². The number of amides is 1. The van der Waals surface area contributed by atoms with Gasteiger partial charge in [-0.2, -0.15) is 0 Å². The summed E-state index contributed by atoms with van der Waals surface area (Å²) in [4.78, 5) is 27.9. The lowest BCUT2D eigenvalue weighted by Gasteiger charge is -2.44. The smallest absolute Gasteiger partial charge is 0.242 e. The third-order valence-electron chi connectivity index (χ3n) is 4.08. The summed E-state index contributed by atoms with van der Waals surface area (Å²) in [6.07, 6.45) is 0.0588. The van der Waals surface area contributed by atoms with E-state index in [1.54, 1.807) is 30.1 Å². The number of hydrogen-bond acceptors (Lipinski definition) is 3. The van der Waals surface area contributed by atoms with E-state index in [1.807, 2.05) is 18.7 Å². The molecule has 1 heterocycles. The molecule has 0 N–H and O–H groups in total. The number of hydrogen-bond donors (Lipinski definition) is 0. The molecule has 0 bridgehead atoms. The van der Waals surface area contributed by atoms with Gasteiger partial charge in [-0.05, 0) is 25.5 Å². The number of Topliss-reactive ketones (excluding diaryl/α,β-unsaturated/α-hetero) is 1. The molecule has 4 nitrogen and oxygen atoms in total. The highest BCUT2D eigenvalue weighted by molar-refractivity contribution is 5.88. The van der Waals surface area contributed by atoms with Gasteiger partial charge in [-0.3, -0.25) is 14.5 Å². The Hall–Kier alpha value is -1.75. The van der Waals surface area contributed by atoms with Crippen molar-refractivity contribution in [3.63, 3.8) is 0 Å². The second-order valence-electron chi connectivity index (χ2n) is 6.01. The summed E-state index contributed by atoms with van der Waals surface area (Å²) in [5.41, 5.74) is -0.293. The van der Waals surface area contributed by atoms with E-state index in [4.69, 9.17) is 0 Å². The van der Waals surface area contributed by atoms with Crippen molar-refractivity contribution in [3.05, 3.63) is 35.6 Å². The third kappa shape index (κ3) is 3.29. The Bertz CT molecular complexity index is 557. The largest absolute Gasteiger partial charge is 0.343 e. The van der Waals surface area contributed by atoms with Crippen LogP contribution in [0.25, 0.3) is 0 Å². The predicted molar refractivity (Wildman–Crippen MR) is 78.4 cm³/mol. The summed E-state index contributed by atoms with van der Waals surface area (Å²) in [5.74, 6) is -0.433. The molecule has 1 amide bonds. The van der Waals surface area contributed by atoms with Gasteiger partial charge < -0.3 is 4.90 Å². The first kappa shape index (κ1) is 15.6. The Morgan fingerprint density at radius 1 is 1.29 bits per heavy atom. The summed E-state index contributed by atoms with van der Waals surface area (Å²) in [7, 11) is 1.77. The number of carbonyl (C=O) groups is 2. The number of ketones is 1. The van der Waals surface area contributed by atoms with E-state index in [0.29, 0.717) is 18.7 Å². The summed E-state index contributed by atoms with van der Waals surface area (Å²) in [6, 6.07) is 6.29. The van der Waals surface area contributed by atoms with Crippen LogP contribution in [-0.2, 0) is 16.0 Å². The minimum absolute atomic E-state index is 0.00689. The monoisotopic (exact) mass is 292 g/mol. The zero-order chi connectivity index (χ0) is 15.6. The number of likely N-dealkylation sites (N-methyl/N-ethyl adjacent to an activating group) is 1. The van der Waals surface area contributed by atoms with Crippen molar-refractivity contribution in [3.8, 4) is 0 Å². The van der Waals surface area contributed by atoms with Crippen LogP contribution < -0.4 is 0 Å². The van der Waals surface area contributed by atoms with Crippen LogP contribution >= 0.6 is 0 Å². The zero-order valence-corrected chi connectivity index (χ0v) is 12.7. The van der Waals surface area contributed by atoms with Crippen LogP contribution in [0.4, 0.5) is 4.39 Å². The van der Waals surface area contributed by atoms with E-state index in [0.717, 1.165) is 0 Å². The van der Waals surface area contributed by atoms with Crippen molar-refractivity contribution in [2.24, 2.45) is 0 Å². The molecule has 1 fully saturated rings.